The monoisotopic (exact) mass is 476 g/mol. The lowest BCUT2D eigenvalue weighted by atomic mass is 10.1. The number of benzene rings is 2. The highest BCUT2D eigenvalue weighted by Crippen LogP contribution is 2.29. The molecular weight excluding hydrogens is 455 g/mol. The molecule has 0 unspecified atom stereocenters. The lowest BCUT2D eigenvalue weighted by Crippen LogP contribution is -2.49. The number of aromatic nitrogens is 2. The topological polar surface area (TPSA) is 66.4 Å². The Kier molecular flexibility index (Phi) is 6.21. The van der Waals surface area contributed by atoms with Crippen molar-refractivity contribution >= 4 is 39.0 Å². The third-order valence-electron chi connectivity index (χ3n) is 5.19. The van der Waals surface area contributed by atoms with Crippen LogP contribution in [0.25, 0.3) is 11.4 Å². The highest BCUT2D eigenvalue weighted by Gasteiger charge is 2.31. The number of hydrogen-bond donors (Lipinski definition) is 0. The maximum atomic E-state index is 13.1. The summed E-state index contributed by atoms with van der Waals surface area (Å²) in [5.41, 5.74) is 2.96. The Balaban J connectivity index is 1.55. The molecule has 1 aliphatic heterocycles. The third-order valence-corrected chi connectivity index (χ3v) is 7.81. The molecule has 162 valence electrons. The maximum absolute atomic E-state index is 13.1. The van der Waals surface area contributed by atoms with E-state index in [2.05, 4.69) is 16.0 Å². The van der Waals surface area contributed by atoms with Gasteiger partial charge >= 0.3 is 0 Å². The Morgan fingerprint density at radius 2 is 1.65 bits per heavy atom. The Labute approximate surface area is 192 Å². The first-order valence-corrected chi connectivity index (χ1v) is 12.1. The molecule has 3 aromatic rings. The second-order valence-corrected chi connectivity index (χ2v) is 10.3. The van der Waals surface area contributed by atoms with Gasteiger partial charge in [-0.2, -0.15) is 4.31 Å². The molecule has 9 heteroatoms. The lowest BCUT2D eigenvalue weighted by molar-refractivity contribution is 0.384. The summed E-state index contributed by atoms with van der Waals surface area (Å²) in [6, 6.07) is 14.5. The van der Waals surface area contributed by atoms with E-state index in [0.29, 0.717) is 37.0 Å². The van der Waals surface area contributed by atoms with Gasteiger partial charge in [-0.25, -0.2) is 18.4 Å². The molecule has 1 fully saturated rings. The molecule has 0 saturated carbocycles. The van der Waals surface area contributed by atoms with Crippen LogP contribution in [0, 0.1) is 13.8 Å². The number of piperazine rings is 1. The van der Waals surface area contributed by atoms with Crippen LogP contribution in [-0.4, -0.2) is 48.9 Å². The first kappa shape index (κ1) is 22.0. The summed E-state index contributed by atoms with van der Waals surface area (Å²) in [6.07, 6.45) is 0. The molecule has 1 saturated heterocycles. The zero-order valence-corrected chi connectivity index (χ0v) is 19.5. The van der Waals surface area contributed by atoms with Crippen LogP contribution < -0.4 is 4.90 Å². The minimum absolute atomic E-state index is 0.0368. The summed E-state index contributed by atoms with van der Waals surface area (Å²) >= 11 is 12.1. The van der Waals surface area contributed by atoms with Crippen LogP contribution in [-0.2, 0) is 10.0 Å². The Hall–Kier alpha value is -2.19. The smallest absolute Gasteiger partial charge is 0.244 e. The molecule has 2 aromatic carbocycles. The number of nitrogens with zero attached hydrogens (tertiary/aromatic N) is 4. The van der Waals surface area contributed by atoms with Crippen molar-refractivity contribution in [1.29, 1.82) is 0 Å². The van der Waals surface area contributed by atoms with Crippen molar-refractivity contribution in [2.24, 2.45) is 0 Å². The number of sulfonamides is 1. The van der Waals surface area contributed by atoms with E-state index < -0.39 is 10.0 Å². The second-order valence-electron chi connectivity index (χ2n) is 7.53. The minimum atomic E-state index is -3.73. The lowest BCUT2D eigenvalue weighted by Gasteiger charge is -2.35. The quantitative estimate of drug-likeness (QED) is 0.551. The van der Waals surface area contributed by atoms with E-state index in [4.69, 9.17) is 28.2 Å². The van der Waals surface area contributed by atoms with E-state index in [-0.39, 0.29) is 9.92 Å². The standard InChI is InChI=1S/C22H22Cl2N4O2S/c1-15-4-3-5-17(12-15)22-25-16(2)13-21(26-22)27-8-10-28(11-9-27)31(29,30)20-14-18(23)6-7-19(20)24/h3-7,12-14H,8-11H2,1-2H3. The van der Waals surface area contributed by atoms with Gasteiger partial charge in [-0.05, 0) is 38.1 Å². The van der Waals surface area contributed by atoms with E-state index in [0.717, 1.165) is 22.6 Å². The van der Waals surface area contributed by atoms with Gasteiger partial charge < -0.3 is 4.90 Å². The van der Waals surface area contributed by atoms with E-state index in [1.165, 1.54) is 16.4 Å². The van der Waals surface area contributed by atoms with Gasteiger partial charge in [-0.15, -0.1) is 0 Å². The van der Waals surface area contributed by atoms with E-state index in [9.17, 15) is 8.42 Å². The summed E-state index contributed by atoms with van der Waals surface area (Å²) in [4.78, 5) is 11.4. The van der Waals surface area contributed by atoms with Gasteiger partial charge in [0.05, 0.1) is 5.02 Å². The Bertz CT molecular complexity index is 1230. The first-order valence-electron chi connectivity index (χ1n) is 9.87. The summed E-state index contributed by atoms with van der Waals surface area (Å²) in [7, 11) is -3.73. The van der Waals surface area contributed by atoms with Crippen LogP contribution in [0.2, 0.25) is 10.0 Å². The largest absolute Gasteiger partial charge is 0.354 e. The molecule has 4 rings (SSSR count). The van der Waals surface area contributed by atoms with Crippen molar-refractivity contribution in [2.75, 3.05) is 31.1 Å². The second kappa shape index (κ2) is 8.74. The third kappa shape index (κ3) is 4.70. The van der Waals surface area contributed by atoms with Gasteiger partial charge in [0.2, 0.25) is 10.0 Å². The predicted molar refractivity (Wildman–Crippen MR) is 124 cm³/mol. The van der Waals surface area contributed by atoms with E-state index in [1.807, 2.05) is 38.1 Å². The van der Waals surface area contributed by atoms with Gasteiger partial charge in [0.1, 0.15) is 10.7 Å². The average Bonchev–Trinajstić information content (AvgIpc) is 2.75. The van der Waals surface area contributed by atoms with Crippen LogP contribution in [0.15, 0.2) is 53.4 Å². The molecule has 0 bridgehead atoms. The number of aryl methyl sites for hydroxylation is 2. The van der Waals surface area contributed by atoms with Crippen molar-refractivity contribution in [3.8, 4) is 11.4 Å². The number of rotatable bonds is 4. The average molecular weight is 477 g/mol. The molecule has 0 N–H and O–H groups in total. The highest BCUT2D eigenvalue weighted by molar-refractivity contribution is 7.89. The fourth-order valence-electron chi connectivity index (χ4n) is 3.60. The number of halogens is 2. The van der Waals surface area contributed by atoms with Crippen LogP contribution in [0.3, 0.4) is 0 Å². The van der Waals surface area contributed by atoms with Crippen LogP contribution in [0.4, 0.5) is 5.82 Å². The Morgan fingerprint density at radius 1 is 0.903 bits per heavy atom. The van der Waals surface area contributed by atoms with E-state index >= 15 is 0 Å². The van der Waals surface area contributed by atoms with Gasteiger partial charge in [-0.1, -0.05) is 47.0 Å². The first-order chi connectivity index (χ1) is 14.7. The zero-order chi connectivity index (χ0) is 22.2. The molecule has 1 aromatic heterocycles. The van der Waals surface area contributed by atoms with Gasteiger partial charge in [0.25, 0.3) is 0 Å². The zero-order valence-electron chi connectivity index (χ0n) is 17.2. The summed E-state index contributed by atoms with van der Waals surface area (Å²) in [5, 5.41) is 0.503. The van der Waals surface area contributed by atoms with Crippen molar-refractivity contribution in [2.45, 2.75) is 18.7 Å². The molecule has 0 atom stereocenters. The maximum Gasteiger partial charge on any atom is 0.244 e. The number of hydrogen-bond acceptors (Lipinski definition) is 5. The highest BCUT2D eigenvalue weighted by atomic mass is 35.5. The molecule has 1 aliphatic rings. The van der Waals surface area contributed by atoms with Gasteiger partial charge in [0.15, 0.2) is 5.82 Å². The van der Waals surface area contributed by atoms with Crippen molar-refractivity contribution in [3.63, 3.8) is 0 Å². The predicted octanol–water partition coefficient (Wildman–Crippen LogP) is 4.58. The van der Waals surface area contributed by atoms with Gasteiger partial charge in [0, 0.05) is 48.5 Å². The van der Waals surface area contributed by atoms with Crippen LogP contribution in [0.5, 0.6) is 0 Å². The fourth-order valence-corrected chi connectivity index (χ4v) is 5.76. The molecule has 0 aliphatic carbocycles. The van der Waals surface area contributed by atoms with Crippen molar-refractivity contribution in [3.05, 3.63) is 69.8 Å². The molecule has 6 nitrogen and oxygen atoms in total. The molecular formula is C22H22Cl2N4O2S. The summed E-state index contributed by atoms with van der Waals surface area (Å²) < 4.78 is 27.6. The SMILES string of the molecule is Cc1cccc(-c2nc(C)cc(N3CCN(S(=O)(=O)c4cc(Cl)ccc4Cl)CC3)n2)c1. The van der Waals surface area contributed by atoms with Crippen LogP contribution >= 0.6 is 23.2 Å². The molecule has 0 amide bonds. The molecule has 2 heterocycles. The number of anilines is 1. The minimum Gasteiger partial charge on any atom is -0.354 e. The normalized spacial score (nSPS) is 15.3. The molecule has 31 heavy (non-hydrogen) atoms. The summed E-state index contributed by atoms with van der Waals surface area (Å²) in [6.45, 7) is 5.66. The fraction of sp³-hybridized carbons (Fsp3) is 0.273. The van der Waals surface area contributed by atoms with Crippen molar-refractivity contribution < 1.29 is 8.42 Å². The van der Waals surface area contributed by atoms with Gasteiger partial charge in [-0.3, -0.25) is 0 Å². The van der Waals surface area contributed by atoms with E-state index in [1.54, 1.807) is 6.07 Å². The molecule has 0 spiro atoms. The van der Waals surface area contributed by atoms with Crippen molar-refractivity contribution in [1.82, 2.24) is 14.3 Å². The molecule has 0 radical (unpaired) electrons. The van der Waals surface area contributed by atoms with Crippen LogP contribution in [0.1, 0.15) is 11.3 Å². The Morgan fingerprint density at radius 3 is 2.35 bits per heavy atom. The summed E-state index contributed by atoms with van der Waals surface area (Å²) in [5.74, 6) is 1.46.